The molecule has 2 atom stereocenters. The first-order valence-electron chi connectivity index (χ1n) is 9.73. The Balaban J connectivity index is 1.67. The topological polar surface area (TPSA) is 93.4 Å². The molecule has 156 valence electrons. The predicted octanol–water partition coefficient (Wildman–Crippen LogP) is 2.56. The lowest BCUT2D eigenvalue weighted by atomic mass is 10.1. The summed E-state index contributed by atoms with van der Waals surface area (Å²) >= 11 is 0. The zero-order valence-electron chi connectivity index (χ0n) is 16.8. The normalized spacial score (nSPS) is 17.6. The van der Waals surface area contributed by atoms with E-state index in [1.54, 1.807) is 36.7 Å². The van der Waals surface area contributed by atoms with Crippen molar-refractivity contribution in [1.29, 1.82) is 0 Å². The number of benzene rings is 1. The third kappa shape index (κ3) is 3.50. The molecule has 30 heavy (non-hydrogen) atoms. The van der Waals surface area contributed by atoms with Crippen LogP contribution in [0.3, 0.4) is 0 Å². The van der Waals surface area contributed by atoms with Crippen LogP contribution >= 0.6 is 0 Å². The van der Waals surface area contributed by atoms with Crippen molar-refractivity contribution in [3.63, 3.8) is 0 Å². The van der Waals surface area contributed by atoms with Gasteiger partial charge in [0.2, 0.25) is 0 Å². The number of aldehydes is 1. The second-order valence-corrected chi connectivity index (χ2v) is 7.28. The van der Waals surface area contributed by atoms with Gasteiger partial charge >= 0.3 is 6.09 Å². The lowest BCUT2D eigenvalue weighted by molar-refractivity contribution is 0.00986. The molecular weight excluding hydrogens is 386 g/mol. The van der Waals surface area contributed by atoms with Gasteiger partial charge in [-0.05, 0) is 30.2 Å². The molecule has 4 rings (SSSR count). The fraction of sp³-hybridized carbons (Fsp3) is 0.318. The Hall–Kier alpha value is -3.39. The highest BCUT2D eigenvalue weighted by Crippen LogP contribution is 2.38. The van der Waals surface area contributed by atoms with Crippen molar-refractivity contribution in [2.75, 3.05) is 20.2 Å². The molecule has 0 bridgehead atoms. The van der Waals surface area contributed by atoms with Gasteiger partial charge in [0.1, 0.15) is 11.8 Å². The van der Waals surface area contributed by atoms with Crippen LogP contribution in [-0.4, -0.2) is 58.1 Å². The van der Waals surface area contributed by atoms with Crippen molar-refractivity contribution in [3.8, 4) is 5.75 Å². The van der Waals surface area contributed by atoms with E-state index in [1.807, 2.05) is 24.3 Å². The molecule has 1 aliphatic rings. The van der Waals surface area contributed by atoms with Crippen LogP contribution in [0.15, 0.2) is 42.6 Å². The summed E-state index contributed by atoms with van der Waals surface area (Å²) < 4.78 is 13.7. The number of ether oxygens (including phenoxy) is 2. The summed E-state index contributed by atoms with van der Waals surface area (Å²) in [5.74, 6) is 0.500. The Labute approximate surface area is 173 Å². The summed E-state index contributed by atoms with van der Waals surface area (Å²) in [5.41, 5.74) is 3.60. The maximum absolute atomic E-state index is 12.4. The van der Waals surface area contributed by atoms with Crippen molar-refractivity contribution in [2.45, 2.75) is 25.6 Å². The molecule has 8 nitrogen and oxygen atoms in total. The quantitative estimate of drug-likeness (QED) is 0.629. The molecule has 0 saturated carbocycles. The molecule has 2 aromatic heterocycles. The number of aliphatic hydroxyl groups is 1. The highest BCUT2D eigenvalue weighted by atomic mass is 16.6. The minimum Gasteiger partial charge on any atom is -0.478 e. The zero-order chi connectivity index (χ0) is 21.3. The molecule has 1 N–H and O–H groups in total. The Morgan fingerprint density at radius 3 is 2.90 bits per heavy atom. The zero-order valence-corrected chi connectivity index (χ0v) is 16.8. The first-order chi connectivity index (χ1) is 14.5. The van der Waals surface area contributed by atoms with Gasteiger partial charge in [0.15, 0.2) is 23.8 Å². The molecule has 0 radical (unpaired) electrons. The number of aryl methyl sites for hydroxylation is 1. The van der Waals surface area contributed by atoms with E-state index in [1.165, 1.54) is 4.90 Å². The van der Waals surface area contributed by atoms with E-state index < -0.39 is 18.3 Å². The van der Waals surface area contributed by atoms with E-state index in [2.05, 4.69) is 4.98 Å². The molecular formula is C22H23N3O5. The number of pyridine rings is 1. The van der Waals surface area contributed by atoms with Crippen LogP contribution in [0.25, 0.3) is 5.65 Å². The maximum Gasteiger partial charge on any atom is 0.410 e. The fourth-order valence-electron chi connectivity index (χ4n) is 3.77. The van der Waals surface area contributed by atoms with Crippen LogP contribution in [0.1, 0.15) is 33.4 Å². The van der Waals surface area contributed by atoms with Gasteiger partial charge in [-0.25, -0.2) is 9.78 Å². The number of likely N-dealkylation sites (N-methyl/N-ethyl adjacent to an activating group) is 1. The number of hydrogen-bond acceptors (Lipinski definition) is 6. The smallest absolute Gasteiger partial charge is 0.410 e. The summed E-state index contributed by atoms with van der Waals surface area (Å²) in [7, 11) is 1.57. The average Bonchev–Trinajstić information content (AvgIpc) is 3.25. The van der Waals surface area contributed by atoms with Crippen molar-refractivity contribution in [2.24, 2.45) is 0 Å². The second kappa shape index (κ2) is 8.16. The van der Waals surface area contributed by atoms with Crippen LogP contribution in [-0.2, 0) is 11.2 Å². The Kier molecular flexibility index (Phi) is 5.41. The third-order valence-electron chi connectivity index (χ3n) is 5.32. The van der Waals surface area contributed by atoms with E-state index >= 15 is 0 Å². The molecule has 3 aromatic rings. The molecule has 2 heterocycles. The number of aliphatic hydroxyl groups excluding tert-OH is 1. The first-order valence-corrected chi connectivity index (χ1v) is 9.73. The standard InChI is InChI=1S/C22H23N3O5/c1-14-17(13-27)25-9-5-8-18(21(25)23-14)29-20-16-7-4-3-6-15(16)12-19(20)30-22(28)24(2)10-11-26/h3-9,13,19-20,26H,10-12H2,1-2H3/t19-,20-/m1/s1. The molecule has 1 amide bonds. The van der Waals surface area contributed by atoms with Gasteiger partial charge in [-0.1, -0.05) is 24.3 Å². The highest BCUT2D eigenvalue weighted by molar-refractivity contribution is 5.77. The minimum absolute atomic E-state index is 0.142. The summed E-state index contributed by atoms with van der Waals surface area (Å²) in [5, 5.41) is 9.07. The highest BCUT2D eigenvalue weighted by Gasteiger charge is 2.38. The van der Waals surface area contributed by atoms with Gasteiger partial charge in [-0.3, -0.25) is 9.20 Å². The van der Waals surface area contributed by atoms with Crippen LogP contribution in [0, 0.1) is 6.92 Å². The van der Waals surface area contributed by atoms with Gasteiger partial charge in [-0.2, -0.15) is 0 Å². The number of fused-ring (bicyclic) bond motifs is 2. The van der Waals surface area contributed by atoms with Gasteiger partial charge in [0.25, 0.3) is 0 Å². The first kappa shape index (κ1) is 19.9. The fourth-order valence-corrected chi connectivity index (χ4v) is 3.77. The monoisotopic (exact) mass is 409 g/mol. The molecule has 0 saturated heterocycles. The largest absolute Gasteiger partial charge is 0.478 e. The lowest BCUT2D eigenvalue weighted by Crippen LogP contribution is -2.35. The Bertz CT molecular complexity index is 1090. The third-order valence-corrected chi connectivity index (χ3v) is 5.32. The molecule has 1 aliphatic carbocycles. The van der Waals surface area contributed by atoms with E-state index in [-0.39, 0.29) is 13.2 Å². The average molecular weight is 409 g/mol. The molecule has 1 aromatic carbocycles. The summed E-state index contributed by atoms with van der Waals surface area (Å²) in [6.07, 6.45) is 1.49. The van der Waals surface area contributed by atoms with Gasteiger partial charge in [0, 0.05) is 26.2 Å². The number of rotatable bonds is 6. The van der Waals surface area contributed by atoms with Crippen molar-refractivity contribution in [3.05, 3.63) is 65.1 Å². The number of hydrogen-bond donors (Lipinski definition) is 1. The maximum atomic E-state index is 12.4. The molecule has 0 fully saturated rings. The summed E-state index contributed by atoms with van der Waals surface area (Å²) in [4.78, 5) is 29.7. The molecule has 0 spiro atoms. The predicted molar refractivity (Wildman–Crippen MR) is 109 cm³/mol. The number of carbonyl (C=O) groups excluding carboxylic acids is 2. The Morgan fingerprint density at radius 1 is 1.33 bits per heavy atom. The van der Waals surface area contributed by atoms with Gasteiger partial charge in [0.05, 0.1) is 12.3 Å². The number of aromatic nitrogens is 2. The van der Waals surface area contributed by atoms with Crippen molar-refractivity contribution < 1.29 is 24.2 Å². The van der Waals surface area contributed by atoms with Crippen LogP contribution in [0.5, 0.6) is 5.75 Å². The number of carbonyl (C=O) groups is 2. The SMILES string of the molecule is Cc1nc2c(O[C@@H]3c4ccccc4C[C@H]3OC(=O)N(C)CCO)cccn2c1C=O. The minimum atomic E-state index is -0.530. The van der Waals surface area contributed by atoms with Crippen LogP contribution in [0.2, 0.25) is 0 Å². The molecule has 0 unspecified atom stereocenters. The molecule has 0 aliphatic heterocycles. The van der Waals surface area contributed by atoms with E-state index in [9.17, 15) is 9.59 Å². The second-order valence-electron chi connectivity index (χ2n) is 7.28. The van der Waals surface area contributed by atoms with Gasteiger partial charge in [-0.15, -0.1) is 0 Å². The lowest BCUT2D eigenvalue weighted by Gasteiger charge is -2.25. The van der Waals surface area contributed by atoms with Crippen LogP contribution in [0.4, 0.5) is 4.79 Å². The summed E-state index contributed by atoms with van der Waals surface area (Å²) in [6.45, 7) is 1.81. The van der Waals surface area contributed by atoms with Crippen LogP contribution < -0.4 is 4.74 Å². The van der Waals surface area contributed by atoms with Gasteiger partial charge < -0.3 is 19.5 Å². The molecule has 8 heteroatoms. The van der Waals surface area contributed by atoms with E-state index in [0.29, 0.717) is 29.2 Å². The Morgan fingerprint density at radius 2 is 2.13 bits per heavy atom. The van der Waals surface area contributed by atoms with Crippen molar-refractivity contribution >= 4 is 18.0 Å². The van der Waals surface area contributed by atoms with E-state index in [0.717, 1.165) is 17.4 Å². The number of nitrogens with zero attached hydrogens (tertiary/aromatic N) is 3. The number of amides is 1. The van der Waals surface area contributed by atoms with E-state index in [4.69, 9.17) is 14.6 Å². The van der Waals surface area contributed by atoms with Crippen molar-refractivity contribution in [1.82, 2.24) is 14.3 Å². The summed E-state index contributed by atoms with van der Waals surface area (Å²) in [6, 6.07) is 11.4. The number of imidazole rings is 1.